The van der Waals surface area contributed by atoms with Gasteiger partial charge in [0.15, 0.2) is 5.82 Å². The number of imidazole rings is 2. The van der Waals surface area contributed by atoms with Crippen molar-refractivity contribution in [3.05, 3.63) is 153 Å². The second-order valence-electron chi connectivity index (χ2n) is 20.2. The quantitative estimate of drug-likeness (QED) is 0.0755. The van der Waals surface area contributed by atoms with Crippen LogP contribution >= 0.6 is 22.9 Å². The Balaban J connectivity index is 0.671. The molecule has 0 saturated carbocycles. The lowest BCUT2D eigenvalue weighted by molar-refractivity contribution is -0.119. The summed E-state index contributed by atoms with van der Waals surface area (Å²) in [6.45, 7) is 6.81. The van der Waals surface area contributed by atoms with Crippen LogP contribution in [0.2, 0.25) is 5.02 Å². The molecule has 2 aliphatic heterocycles. The number of nitrogens with zero attached hydrogens (tertiary/aromatic N) is 9. The highest BCUT2D eigenvalue weighted by Gasteiger charge is 2.32. The van der Waals surface area contributed by atoms with E-state index in [0.29, 0.717) is 47.7 Å². The molecule has 7 heterocycles. The number of hydrogen-bond donors (Lipinski definition) is 2. The fourth-order valence-electron chi connectivity index (χ4n) is 10.7. The van der Waals surface area contributed by atoms with Gasteiger partial charge in [-0.15, -0.1) is 21.5 Å². The highest BCUT2D eigenvalue weighted by atomic mass is 35.5. The number of aliphatic imine (C=N–C) groups is 1. The number of thiophene rings is 1. The second kappa shape index (κ2) is 21.9. The van der Waals surface area contributed by atoms with E-state index in [4.69, 9.17) is 26.6 Å². The zero-order valence-electron chi connectivity index (χ0n) is 43.3. The van der Waals surface area contributed by atoms with E-state index in [1.165, 1.54) is 10.4 Å². The van der Waals surface area contributed by atoms with Gasteiger partial charge in [0.05, 0.1) is 46.2 Å². The number of Topliss-reactive ketones (excluding diaryl/α,β-unsaturated/α-hetero) is 1. The number of halogens is 1. The van der Waals surface area contributed by atoms with Crippen LogP contribution in [0.25, 0.3) is 55.4 Å². The number of carbonyl (C=O) groups excluding carboxylic acids is 3. The number of aryl methyl sites for hydroxylation is 4. The Morgan fingerprint density at radius 3 is 2.38 bits per heavy atom. The summed E-state index contributed by atoms with van der Waals surface area (Å²) in [7, 11) is 1.95. The molecule has 0 aliphatic carbocycles. The molecule has 9 aromatic rings. The first-order valence-corrected chi connectivity index (χ1v) is 27.7. The minimum atomic E-state index is -0.435. The molecule has 0 spiro atoms. The molecular formula is C60H60ClN11O3S. The summed E-state index contributed by atoms with van der Waals surface area (Å²) in [5.74, 6) is 2.31. The number of para-hydroxylation sites is 1. The highest BCUT2D eigenvalue weighted by molar-refractivity contribution is 7.15. The van der Waals surface area contributed by atoms with Crippen molar-refractivity contribution in [2.45, 2.75) is 110 Å². The lowest BCUT2D eigenvalue weighted by Crippen LogP contribution is -2.24. The third-order valence-electron chi connectivity index (χ3n) is 14.9. The van der Waals surface area contributed by atoms with Gasteiger partial charge < -0.3 is 15.2 Å². The number of carbonyl (C=O) groups is 3. The molecule has 11 rings (SSSR count). The second-order valence-corrected chi connectivity index (χ2v) is 21.8. The van der Waals surface area contributed by atoms with Gasteiger partial charge in [0.1, 0.15) is 28.5 Å². The van der Waals surface area contributed by atoms with E-state index in [1.54, 1.807) is 17.7 Å². The van der Waals surface area contributed by atoms with Gasteiger partial charge in [-0.3, -0.25) is 28.5 Å². The van der Waals surface area contributed by atoms with Crippen LogP contribution in [-0.2, 0) is 23.1 Å². The predicted molar refractivity (Wildman–Crippen MR) is 302 cm³/mol. The monoisotopic (exact) mass is 1050 g/mol. The average Bonchev–Trinajstić information content (AvgIpc) is 4.23. The fraction of sp³-hybridized carbons (Fsp3) is 0.317. The number of hydrogen-bond acceptors (Lipinski definition) is 10. The van der Waals surface area contributed by atoms with Gasteiger partial charge in [0.2, 0.25) is 5.91 Å². The lowest BCUT2D eigenvalue weighted by Gasteiger charge is -2.19. The zero-order valence-corrected chi connectivity index (χ0v) is 44.9. The third kappa shape index (κ3) is 10.3. The number of rotatable bonds is 19. The van der Waals surface area contributed by atoms with Crippen molar-refractivity contribution in [1.29, 1.82) is 0 Å². The molecule has 2 N–H and O–H groups in total. The molecule has 16 heteroatoms. The van der Waals surface area contributed by atoms with Crippen LogP contribution in [0.15, 0.2) is 109 Å². The predicted octanol–water partition coefficient (Wildman–Crippen LogP) is 12.9. The molecule has 0 unspecified atom stereocenters. The SMILES string of the molecule is Cc1sc2c(c1C)C(c1ccc(Cl)cc1)=N[C@@H](CC(=O)CCCCCCCCCCCNC(=O)c1ccc3c(c1)nc(-c1cc(-c4cncn4C)nc4ccccc14)n3-c1ccc3c(c1)CCC(=O)N3)c1nnc(C)n1-2. The zero-order chi connectivity index (χ0) is 52.5. The summed E-state index contributed by atoms with van der Waals surface area (Å²) in [6, 6.07) is 29.3. The van der Waals surface area contributed by atoms with E-state index in [9.17, 15) is 14.4 Å². The number of nitrogens with one attached hydrogen (secondary N) is 2. The van der Waals surface area contributed by atoms with Crippen LogP contribution < -0.4 is 10.6 Å². The van der Waals surface area contributed by atoms with Crippen molar-refractivity contribution in [2.75, 3.05) is 11.9 Å². The van der Waals surface area contributed by atoms with Gasteiger partial charge in [-0.1, -0.05) is 86.9 Å². The fourth-order valence-corrected chi connectivity index (χ4v) is 12.0. The highest BCUT2D eigenvalue weighted by Crippen LogP contribution is 2.41. The number of benzene rings is 4. The molecule has 386 valence electrons. The maximum atomic E-state index is 13.7. The number of anilines is 1. The summed E-state index contributed by atoms with van der Waals surface area (Å²) in [4.78, 5) is 60.6. The maximum absolute atomic E-state index is 13.7. The topological polar surface area (TPSA) is 167 Å². The number of ketones is 1. The van der Waals surface area contributed by atoms with Crippen LogP contribution in [0.3, 0.4) is 0 Å². The minimum absolute atomic E-state index is 0.0196. The Bertz CT molecular complexity index is 3720. The molecule has 2 amide bonds. The van der Waals surface area contributed by atoms with Crippen molar-refractivity contribution >= 4 is 73.9 Å². The van der Waals surface area contributed by atoms with E-state index >= 15 is 0 Å². The van der Waals surface area contributed by atoms with E-state index < -0.39 is 6.04 Å². The Hall–Kier alpha value is -7.62. The van der Waals surface area contributed by atoms with Crippen molar-refractivity contribution in [3.8, 4) is 33.5 Å². The van der Waals surface area contributed by atoms with Crippen molar-refractivity contribution in [1.82, 2.24) is 44.2 Å². The van der Waals surface area contributed by atoms with E-state index in [-0.39, 0.29) is 24.0 Å². The van der Waals surface area contributed by atoms with Crippen molar-refractivity contribution < 1.29 is 14.4 Å². The van der Waals surface area contributed by atoms with Gasteiger partial charge in [-0.05, 0) is 112 Å². The largest absolute Gasteiger partial charge is 0.352 e. The van der Waals surface area contributed by atoms with Gasteiger partial charge in [0, 0.05) is 81.8 Å². The number of fused-ring (bicyclic) bond motifs is 6. The molecule has 76 heavy (non-hydrogen) atoms. The molecule has 4 aromatic carbocycles. The Morgan fingerprint density at radius 2 is 1.59 bits per heavy atom. The summed E-state index contributed by atoms with van der Waals surface area (Å²) < 4.78 is 6.20. The molecule has 0 saturated heterocycles. The smallest absolute Gasteiger partial charge is 0.251 e. The molecule has 0 radical (unpaired) electrons. The van der Waals surface area contributed by atoms with E-state index in [0.717, 1.165) is 142 Å². The van der Waals surface area contributed by atoms with Crippen LogP contribution in [-0.4, -0.2) is 68.7 Å². The van der Waals surface area contributed by atoms with Gasteiger partial charge in [0.25, 0.3) is 5.91 Å². The molecule has 1 atom stereocenters. The Labute approximate surface area is 450 Å². The third-order valence-corrected chi connectivity index (χ3v) is 16.3. The first-order chi connectivity index (χ1) is 37.0. The van der Waals surface area contributed by atoms with Gasteiger partial charge in [-0.2, -0.15) is 0 Å². The summed E-state index contributed by atoms with van der Waals surface area (Å²) in [5.41, 5.74) is 12.4. The first-order valence-electron chi connectivity index (χ1n) is 26.5. The summed E-state index contributed by atoms with van der Waals surface area (Å²) in [6.07, 6.45) is 14.9. The molecule has 2 aliphatic rings. The van der Waals surface area contributed by atoms with Crippen LogP contribution in [0, 0.1) is 20.8 Å². The van der Waals surface area contributed by atoms with Crippen molar-refractivity contribution in [2.24, 2.45) is 12.0 Å². The Morgan fingerprint density at radius 1 is 0.816 bits per heavy atom. The molecule has 14 nitrogen and oxygen atoms in total. The van der Waals surface area contributed by atoms with E-state index in [1.807, 2.05) is 97.5 Å². The Kier molecular flexibility index (Phi) is 14.6. The van der Waals surface area contributed by atoms with Crippen LogP contribution in [0.4, 0.5) is 5.69 Å². The number of amides is 2. The summed E-state index contributed by atoms with van der Waals surface area (Å²) >= 11 is 7.99. The molecular weight excluding hydrogens is 990 g/mol. The number of aromatic nitrogens is 8. The van der Waals surface area contributed by atoms with Gasteiger partial charge >= 0.3 is 0 Å². The maximum Gasteiger partial charge on any atom is 0.251 e. The van der Waals surface area contributed by atoms with Crippen LogP contribution in [0.5, 0.6) is 0 Å². The minimum Gasteiger partial charge on any atom is -0.352 e. The van der Waals surface area contributed by atoms with E-state index in [2.05, 4.69) is 67.0 Å². The number of pyridine rings is 1. The van der Waals surface area contributed by atoms with Crippen LogP contribution in [0.1, 0.15) is 132 Å². The molecule has 0 fully saturated rings. The normalized spacial score (nSPS) is 14.0. The number of unbranched alkanes of at least 4 members (excludes halogenated alkanes) is 8. The average molecular weight is 1050 g/mol. The lowest BCUT2D eigenvalue weighted by atomic mass is 9.99. The first kappa shape index (κ1) is 50.5. The van der Waals surface area contributed by atoms with Crippen molar-refractivity contribution in [3.63, 3.8) is 0 Å². The van der Waals surface area contributed by atoms with Gasteiger partial charge in [-0.25, -0.2) is 15.0 Å². The molecule has 5 aromatic heterocycles. The standard InChI is InChI=1S/C60H60ClN11O3S/c1-36-37(2)76-60-55(36)56(39-19-23-42(61)24-20-39)66-51(58-69-68-38(3)71(58)60)32-44(73)16-12-10-8-6-5-7-9-11-15-29-63-59(75)41-21-27-52-49(31-41)67-57(72(52)43-25-26-47-40(30-43)22-28-54(74)65-47)46-33-50(53-34-62-35-70(53)4)64-48-18-14-13-17-45(46)48/h13-14,17-21,23-27,30-31,33-35,51H,5-12,15-16,22,28-29,32H2,1-4H3,(H,63,75)(H,65,74)/t51-/m0/s1. The summed E-state index contributed by atoms with van der Waals surface area (Å²) in [5, 5.41) is 17.8. The molecule has 0 bridgehead atoms.